The van der Waals surface area contributed by atoms with Gasteiger partial charge >= 0.3 is 5.97 Å². The van der Waals surface area contributed by atoms with Gasteiger partial charge in [-0.15, -0.1) is 0 Å². The first kappa shape index (κ1) is 31.0. The van der Waals surface area contributed by atoms with E-state index in [2.05, 4.69) is 11.9 Å². The average Bonchev–Trinajstić information content (AvgIpc) is 2.93. The third kappa shape index (κ3) is 8.98. The Labute approximate surface area is 232 Å². The van der Waals surface area contributed by atoms with Crippen LogP contribution in [0, 0.1) is 0 Å². The van der Waals surface area contributed by atoms with Gasteiger partial charge in [0.05, 0.1) is 20.8 Å². The number of rotatable bonds is 9. The minimum Gasteiger partial charge on any atom is -0.504 e. The highest BCUT2D eigenvalue weighted by atomic mass is 16.5. The molecule has 0 spiro atoms. The van der Waals surface area contributed by atoms with Crippen molar-refractivity contribution in [1.82, 2.24) is 4.90 Å². The molecule has 6 N–H and O–H groups in total. The number of anilines is 3. The molecule has 0 aliphatic rings. The summed E-state index contributed by atoms with van der Waals surface area (Å²) in [5.41, 5.74) is 14.1. The van der Waals surface area contributed by atoms with Crippen LogP contribution in [0.25, 0.3) is 0 Å². The number of nitrogens with zero attached hydrogens (tertiary/aromatic N) is 1. The fourth-order valence-corrected chi connectivity index (χ4v) is 3.20. The monoisotopic (exact) mass is 550 g/mol. The van der Waals surface area contributed by atoms with Crippen molar-refractivity contribution < 1.29 is 33.7 Å². The number of ether oxygens (including phenoxy) is 3. The van der Waals surface area contributed by atoms with E-state index in [0.29, 0.717) is 46.1 Å². The maximum atomic E-state index is 12.1. The molecule has 11 heteroatoms. The van der Waals surface area contributed by atoms with Crippen molar-refractivity contribution in [2.24, 2.45) is 0 Å². The van der Waals surface area contributed by atoms with E-state index in [-0.39, 0.29) is 29.9 Å². The average molecular weight is 551 g/mol. The Morgan fingerprint density at radius 3 is 1.98 bits per heavy atom. The summed E-state index contributed by atoms with van der Waals surface area (Å²) in [6.45, 7) is 5.52. The molecular weight excluding hydrogens is 516 g/mol. The van der Waals surface area contributed by atoms with Crippen LogP contribution in [0.3, 0.4) is 0 Å². The summed E-state index contributed by atoms with van der Waals surface area (Å²) in [6.07, 6.45) is 0. The zero-order chi connectivity index (χ0) is 29.8. The topological polar surface area (TPSA) is 166 Å². The predicted molar refractivity (Wildman–Crippen MR) is 154 cm³/mol. The molecular formula is C29H34N4O7. The van der Waals surface area contributed by atoms with Crippen molar-refractivity contribution in [1.29, 1.82) is 0 Å². The lowest BCUT2D eigenvalue weighted by Crippen LogP contribution is -2.30. The van der Waals surface area contributed by atoms with Gasteiger partial charge in [-0.1, -0.05) is 6.58 Å². The molecule has 0 saturated heterocycles. The first-order valence-corrected chi connectivity index (χ1v) is 12.0. The van der Waals surface area contributed by atoms with Crippen molar-refractivity contribution in [3.05, 3.63) is 83.9 Å². The molecule has 212 valence electrons. The molecule has 0 heterocycles. The van der Waals surface area contributed by atoms with E-state index in [4.69, 9.17) is 25.7 Å². The first-order chi connectivity index (χ1) is 19.0. The number of hydrogen-bond acceptors (Lipinski definition) is 9. The van der Waals surface area contributed by atoms with Gasteiger partial charge in [0.25, 0.3) is 11.8 Å². The van der Waals surface area contributed by atoms with E-state index < -0.39 is 5.97 Å². The minimum atomic E-state index is -0.451. The van der Waals surface area contributed by atoms with Crippen molar-refractivity contribution in [2.45, 2.75) is 6.92 Å². The van der Waals surface area contributed by atoms with Gasteiger partial charge in [-0.3, -0.25) is 9.59 Å². The van der Waals surface area contributed by atoms with Crippen LogP contribution in [-0.4, -0.2) is 62.2 Å². The summed E-state index contributed by atoms with van der Waals surface area (Å²) in [6, 6.07) is 16.1. The Bertz CT molecular complexity index is 1340. The molecule has 3 aromatic carbocycles. The lowest BCUT2D eigenvalue weighted by Gasteiger charge is -2.17. The second kappa shape index (κ2) is 14.7. The normalized spacial score (nSPS) is 9.90. The molecule has 0 saturated carbocycles. The van der Waals surface area contributed by atoms with Gasteiger partial charge in [0.1, 0.15) is 6.61 Å². The Hall–Kier alpha value is -5.19. The van der Waals surface area contributed by atoms with E-state index in [0.717, 1.165) is 0 Å². The fourth-order valence-electron chi connectivity index (χ4n) is 3.20. The highest BCUT2D eigenvalue weighted by molar-refractivity contribution is 6.04. The smallest absolute Gasteiger partial charge is 0.333 e. The van der Waals surface area contributed by atoms with Gasteiger partial charge in [-0.25, -0.2) is 4.79 Å². The molecule has 3 rings (SSSR count). The third-order valence-corrected chi connectivity index (χ3v) is 5.40. The Kier molecular flexibility index (Phi) is 11.4. The van der Waals surface area contributed by atoms with Crippen LogP contribution >= 0.6 is 0 Å². The van der Waals surface area contributed by atoms with E-state index in [9.17, 15) is 19.5 Å². The summed E-state index contributed by atoms with van der Waals surface area (Å²) in [7, 11) is 4.51. The number of benzene rings is 3. The van der Waals surface area contributed by atoms with Crippen LogP contribution in [0.5, 0.6) is 17.2 Å². The summed E-state index contributed by atoms with van der Waals surface area (Å²) in [5, 5.41) is 12.5. The van der Waals surface area contributed by atoms with Crippen molar-refractivity contribution in [3.8, 4) is 17.2 Å². The third-order valence-electron chi connectivity index (χ3n) is 5.40. The van der Waals surface area contributed by atoms with E-state index in [1.54, 1.807) is 68.6 Å². The summed E-state index contributed by atoms with van der Waals surface area (Å²) < 4.78 is 15.1. The van der Waals surface area contributed by atoms with E-state index >= 15 is 0 Å². The molecule has 0 aliphatic carbocycles. The number of hydrogen-bond donors (Lipinski definition) is 4. The summed E-state index contributed by atoms with van der Waals surface area (Å²) in [5.74, 6) is -0.501. The molecule has 0 unspecified atom stereocenters. The lowest BCUT2D eigenvalue weighted by molar-refractivity contribution is -0.139. The maximum absolute atomic E-state index is 12.1. The molecule has 0 fully saturated rings. The molecule has 0 aromatic heterocycles. The SMILES string of the molecule is C=C(C)C(=O)OCCN(C)C(=O)c1ccc(N)cc1.COc1cc(NC(=O)c2ccc(N)cc2)cc(O)c1OC. The molecule has 40 heavy (non-hydrogen) atoms. The van der Waals surface area contributed by atoms with Gasteiger partial charge in [0.2, 0.25) is 5.75 Å². The van der Waals surface area contributed by atoms with Gasteiger partial charge in [0.15, 0.2) is 11.5 Å². The summed E-state index contributed by atoms with van der Waals surface area (Å²) in [4.78, 5) is 36.7. The molecule has 0 aliphatic heterocycles. The second-order valence-corrected chi connectivity index (χ2v) is 8.57. The quantitative estimate of drug-likeness (QED) is 0.176. The number of phenols is 1. The van der Waals surface area contributed by atoms with Crippen LogP contribution in [0.1, 0.15) is 27.6 Å². The number of aromatic hydroxyl groups is 1. The zero-order valence-electron chi connectivity index (χ0n) is 22.9. The van der Waals surface area contributed by atoms with Crippen molar-refractivity contribution in [3.63, 3.8) is 0 Å². The maximum Gasteiger partial charge on any atom is 0.333 e. The van der Waals surface area contributed by atoms with Gasteiger partial charge in [-0.2, -0.15) is 0 Å². The number of methoxy groups -OCH3 is 2. The Morgan fingerprint density at radius 1 is 0.925 bits per heavy atom. The van der Waals surface area contributed by atoms with Crippen molar-refractivity contribution in [2.75, 3.05) is 51.2 Å². The molecule has 0 bridgehead atoms. The largest absolute Gasteiger partial charge is 0.504 e. The number of nitrogens with two attached hydrogens (primary N) is 2. The number of phenolic OH excluding ortho intramolecular Hbond substituents is 1. The Balaban J connectivity index is 0.000000282. The summed E-state index contributed by atoms with van der Waals surface area (Å²) >= 11 is 0. The van der Waals surface area contributed by atoms with Gasteiger partial charge in [-0.05, 0) is 55.5 Å². The number of nitrogen functional groups attached to an aromatic ring is 2. The molecule has 3 aromatic rings. The minimum absolute atomic E-state index is 0.121. The van der Waals surface area contributed by atoms with Crippen LogP contribution < -0.4 is 26.3 Å². The van der Waals surface area contributed by atoms with Crippen molar-refractivity contribution >= 4 is 34.8 Å². The highest BCUT2D eigenvalue weighted by Crippen LogP contribution is 2.39. The highest BCUT2D eigenvalue weighted by Gasteiger charge is 2.14. The molecule has 11 nitrogen and oxygen atoms in total. The number of nitrogens with one attached hydrogen (secondary N) is 1. The standard InChI is InChI=1S/C15H16N2O4.C14H18N2O3/c1-20-13-8-11(7-12(18)14(13)21-2)17-15(19)9-3-5-10(16)6-4-9;1-10(2)14(18)19-9-8-16(3)13(17)11-4-6-12(15)7-5-11/h3-8,18H,16H2,1-2H3,(H,17,19);4-7H,1,8-9,15H2,2-3H3. The number of carbonyl (C=O) groups is 3. The van der Waals surface area contributed by atoms with Crippen LogP contribution in [-0.2, 0) is 9.53 Å². The van der Waals surface area contributed by atoms with Gasteiger partial charge in [0, 0.05) is 52.9 Å². The van der Waals surface area contributed by atoms with Gasteiger partial charge < -0.3 is 41.0 Å². The van der Waals surface area contributed by atoms with E-state index in [1.165, 1.54) is 25.2 Å². The number of esters is 1. The second-order valence-electron chi connectivity index (χ2n) is 8.57. The van der Waals surface area contributed by atoms with Crippen LogP contribution in [0.2, 0.25) is 0 Å². The first-order valence-electron chi connectivity index (χ1n) is 12.0. The molecule has 0 radical (unpaired) electrons. The lowest BCUT2D eigenvalue weighted by atomic mass is 10.2. The number of carbonyl (C=O) groups excluding carboxylic acids is 3. The fraction of sp³-hybridized carbons (Fsp3) is 0.207. The predicted octanol–water partition coefficient (Wildman–Crippen LogP) is 3.70. The zero-order valence-corrected chi connectivity index (χ0v) is 22.9. The van der Waals surface area contributed by atoms with E-state index in [1.807, 2.05) is 0 Å². The molecule has 0 atom stereocenters. The Morgan fingerprint density at radius 2 is 1.48 bits per heavy atom. The number of likely N-dealkylation sites (N-methyl/N-ethyl adjacent to an activating group) is 1. The number of amides is 2. The van der Waals surface area contributed by atoms with Crippen LogP contribution in [0.15, 0.2) is 72.8 Å². The van der Waals surface area contributed by atoms with Crippen LogP contribution in [0.4, 0.5) is 17.1 Å². The molecule has 2 amide bonds.